The van der Waals surface area contributed by atoms with E-state index in [1.54, 1.807) is 22.7 Å². The maximum absolute atomic E-state index is 12.4. The summed E-state index contributed by atoms with van der Waals surface area (Å²) in [7, 11) is 0. The summed E-state index contributed by atoms with van der Waals surface area (Å²) in [6.45, 7) is 7.89. The Hall–Kier alpha value is -1.99. The van der Waals surface area contributed by atoms with E-state index in [2.05, 4.69) is 20.3 Å². The minimum absolute atomic E-state index is 0.0676. The van der Waals surface area contributed by atoms with Gasteiger partial charge in [-0.05, 0) is 33.8 Å². The number of thiazole rings is 2. The van der Waals surface area contributed by atoms with Crippen LogP contribution in [0.3, 0.4) is 0 Å². The number of hydrogen-bond acceptors (Lipinski definition) is 5. The van der Waals surface area contributed by atoms with Crippen LogP contribution in [0.25, 0.3) is 11.3 Å². The molecule has 0 saturated carbocycles. The molecular weight excluding hydrogens is 328 g/mol. The normalized spacial score (nSPS) is 12.3. The van der Waals surface area contributed by atoms with Gasteiger partial charge < -0.3 is 10.3 Å². The first kappa shape index (κ1) is 15.9. The van der Waals surface area contributed by atoms with E-state index in [0.29, 0.717) is 5.69 Å². The molecule has 0 aliphatic rings. The maximum Gasteiger partial charge on any atom is 0.268 e. The molecule has 0 radical (unpaired) electrons. The number of nitrogens with zero attached hydrogens (tertiary/aromatic N) is 2. The predicted molar refractivity (Wildman–Crippen MR) is 94.1 cm³/mol. The first-order valence-electron chi connectivity index (χ1n) is 7.29. The van der Waals surface area contributed by atoms with Crippen LogP contribution in [0.2, 0.25) is 0 Å². The van der Waals surface area contributed by atoms with Gasteiger partial charge in [-0.1, -0.05) is 0 Å². The lowest BCUT2D eigenvalue weighted by Crippen LogP contribution is -2.26. The van der Waals surface area contributed by atoms with Crippen molar-refractivity contribution in [3.05, 3.63) is 43.9 Å². The van der Waals surface area contributed by atoms with Crippen molar-refractivity contribution in [3.63, 3.8) is 0 Å². The molecule has 3 aromatic rings. The van der Waals surface area contributed by atoms with Crippen molar-refractivity contribution in [2.45, 2.75) is 33.7 Å². The molecule has 23 heavy (non-hydrogen) atoms. The SMILES string of the molecule is Cc1nc(-c2c[nH]c(C(=O)NC(C)c3sc(C)nc3C)c2)cs1. The number of carbonyl (C=O) groups is 1. The number of rotatable bonds is 4. The third-order valence-electron chi connectivity index (χ3n) is 3.52. The van der Waals surface area contributed by atoms with Gasteiger partial charge in [0, 0.05) is 22.0 Å². The van der Waals surface area contributed by atoms with Gasteiger partial charge in [0.1, 0.15) is 5.69 Å². The minimum atomic E-state index is -0.124. The number of H-pyrrole nitrogens is 1. The maximum atomic E-state index is 12.4. The van der Waals surface area contributed by atoms with Gasteiger partial charge in [0.25, 0.3) is 5.91 Å². The van der Waals surface area contributed by atoms with Crippen molar-refractivity contribution in [1.29, 1.82) is 0 Å². The Morgan fingerprint density at radius 3 is 2.65 bits per heavy atom. The van der Waals surface area contributed by atoms with Crippen LogP contribution in [-0.4, -0.2) is 20.9 Å². The molecule has 1 unspecified atom stereocenters. The molecule has 120 valence electrons. The Labute approximate surface area is 142 Å². The highest BCUT2D eigenvalue weighted by molar-refractivity contribution is 7.11. The second-order valence-electron chi connectivity index (χ2n) is 5.43. The van der Waals surface area contributed by atoms with Gasteiger partial charge in [-0.2, -0.15) is 0 Å². The van der Waals surface area contributed by atoms with E-state index in [4.69, 9.17) is 0 Å². The molecule has 1 atom stereocenters. The fraction of sp³-hybridized carbons (Fsp3) is 0.312. The van der Waals surface area contributed by atoms with E-state index in [-0.39, 0.29) is 11.9 Å². The fourth-order valence-corrected chi connectivity index (χ4v) is 4.01. The van der Waals surface area contributed by atoms with E-state index < -0.39 is 0 Å². The topological polar surface area (TPSA) is 70.7 Å². The van der Waals surface area contributed by atoms with Crippen LogP contribution in [0.1, 0.15) is 44.0 Å². The van der Waals surface area contributed by atoms with E-state index in [9.17, 15) is 4.79 Å². The van der Waals surface area contributed by atoms with Gasteiger partial charge in [0.05, 0.1) is 27.4 Å². The zero-order chi connectivity index (χ0) is 16.6. The Kier molecular flexibility index (Phi) is 4.32. The average molecular weight is 346 g/mol. The van der Waals surface area contributed by atoms with Gasteiger partial charge in [-0.25, -0.2) is 9.97 Å². The summed E-state index contributed by atoms with van der Waals surface area (Å²) in [6, 6.07) is 1.77. The minimum Gasteiger partial charge on any atom is -0.357 e. The van der Waals surface area contributed by atoms with Gasteiger partial charge >= 0.3 is 0 Å². The van der Waals surface area contributed by atoms with Crippen LogP contribution in [0.15, 0.2) is 17.6 Å². The molecule has 5 nitrogen and oxygen atoms in total. The van der Waals surface area contributed by atoms with E-state index in [0.717, 1.165) is 31.8 Å². The number of nitrogens with one attached hydrogen (secondary N) is 2. The summed E-state index contributed by atoms with van der Waals surface area (Å²) in [4.78, 5) is 25.4. The Morgan fingerprint density at radius 1 is 1.26 bits per heavy atom. The molecule has 0 fully saturated rings. The van der Waals surface area contributed by atoms with Gasteiger partial charge in [0.15, 0.2) is 0 Å². The lowest BCUT2D eigenvalue weighted by molar-refractivity contribution is 0.0936. The largest absolute Gasteiger partial charge is 0.357 e. The number of aromatic amines is 1. The Bertz CT molecular complexity index is 846. The molecule has 0 aliphatic heterocycles. The molecule has 3 rings (SSSR count). The molecule has 0 spiro atoms. The van der Waals surface area contributed by atoms with Crippen molar-refractivity contribution < 1.29 is 4.79 Å². The van der Waals surface area contributed by atoms with Crippen molar-refractivity contribution in [3.8, 4) is 11.3 Å². The highest BCUT2D eigenvalue weighted by atomic mass is 32.1. The molecule has 7 heteroatoms. The molecule has 0 aliphatic carbocycles. The quantitative estimate of drug-likeness (QED) is 0.750. The third-order valence-corrected chi connectivity index (χ3v) is 5.55. The number of aromatic nitrogens is 3. The molecule has 0 aromatic carbocycles. The highest BCUT2D eigenvalue weighted by Gasteiger charge is 2.17. The second-order valence-corrected chi connectivity index (χ2v) is 7.73. The molecular formula is C16H18N4OS2. The van der Waals surface area contributed by atoms with Crippen LogP contribution >= 0.6 is 22.7 Å². The van der Waals surface area contributed by atoms with Gasteiger partial charge in [-0.3, -0.25) is 4.79 Å². The van der Waals surface area contributed by atoms with Crippen molar-refractivity contribution in [2.24, 2.45) is 0 Å². The first-order valence-corrected chi connectivity index (χ1v) is 8.99. The Balaban J connectivity index is 1.74. The smallest absolute Gasteiger partial charge is 0.268 e. The summed E-state index contributed by atoms with van der Waals surface area (Å²) in [6.07, 6.45) is 1.82. The van der Waals surface area contributed by atoms with E-state index >= 15 is 0 Å². The first-order chi connectivity index (χ1) is 10.9. The molecule has 2 N–H and O–H groups in total. The van der Waals surface area contributed by atoms with Crippen molar-refractivity contribution >= 4 is 28.6 Å². The standard InChI is InChI=1S/C16H18N4OS2/c1-8-15(23-11(4)18-8)9(2)19-16(21)13-5-12(6-17-13)14-7-22-10(3)20-14/h5-7,9,17H,1-4H3,(H,19,21). The monoisotopic (exact) mass is 346 g/mol. The average Bonchev–Trinajstić information content (AvgIpc) is 3.18. The van der Waals surface area contributed by atoms with Crippen LogP contribution in [-0.2, 0) is 0 Å². The number of aryl methyl sites for hydroxylation is 3. The molecule has 3 heterocycles. The molecule has 3 aromatic heterocycles. The summed E-state index contributed by atoms with van der Waals surface area (Å²) in [5, 5.41) is 7.04. The number of carbonyl (C=O) groups excluding carboxylic acids is 1. The second kappa shape index (κ2) is 6.25. The van der Waals surface area contributed by atoms with Crippen molar-refractivity contribution in [2.75, 3.05) is 0 Å². The lowest BCUT2D eigenvalue weighted by atomic mass is 10.2. The molecule has 0 bridgehead atoms. The third kappa shape index (κ3) is 3.35. The van der Waals surface area contributed by atoms with E-state index in [1.165, 1.54) is 0 Å². The van der Waals surface area contributed by atoms with E-state index in [1.807, 2.05) is 45.3 Å². The van der Waals surface area contributed by atoms with Crippen LogP contribution in [0, 0.1) is 20.8 Å². The Morgan fingerprint density at radius 2 is 2.04 bits per heavy atom. The summed E-state index contributed by atoms with van der Waals surface area (Å²) >= 11 is 3.22. The van der Waals surface area contributed by atoms with Crippen LogP contribution in [0.5, 0.6) is 0 Å². The molecule has 1 amide bonds. The number of hydrogen-bond donors (Lipinski definition) is 2. The summed E-state index contributed by atoms with van der Waals surface area (Å²) < 4.78 is 0. The fourth-order valence-electron chi connectivity index (χ4n) is 2.46. The summed E-state index contributed by atoms with van der Waals surface area (Å²) in [5.41, 5.74) is 3.34. The number of amides is 1. The van der Waals surface area contributed by atoms with Gasteiger partial charge in [0.2, 0.25) is 0 Å². The molecule has 0 saturated heterocycles. The lowest BCUT2D eigenvalue weighted by Gasteiger charge is -2.12. The van der Waals surface area contributed by atoms with Crippen LogP contribution in [0.4, 0.5) is 0 Å². The highest BCUT2D eigenvalue weighted by Crippen LogP contribution is 2.25. The van der Waals surface area contributed by atoms with Gasteiger partial charge in [-0.15, -0.1) is 22.7 Å². The zero-order valence-electron chi connectivity index (χ0n) is 13.4. The van der Waals surface area contributed by atoms with Crippen LogP contribution < -0.4 is 5.32 Å². The zero-order valence-corrected chi connectivity index (χ0v) is 15.1. The predicted octanol–water partition coefficient (Wildman–Crippen LogP) is 4.01. The van der Waals surface area contributed by atoms with Crippen molar-refractivity contribution in [1.82, 2.24) is 20.3 Å². The summed E-state index contributed by atoms with van der Waals surface area (Å²) in [5.74, 6) is -0.124.